The molecule has 0 aliphatic carbocycles. The standard InChI is InChI=1S/C13H16Cl3NO/c1-3-4-9-7-10(18-6-5-12(15)16)8-11(14)13(9)17-2/h5,7-8,17H,3-4,6H2,1-2H3. The van der Waals surface area contributed by atoms with Gasteiger partial charge >= 0.3 is 0 Å². The summed E-state index contributed by atoms with van der Waals surface area (Å²) in [6, 6.07) is 3.76. The van der Waals surface area contributed by atoms with Gasteiger partial charge in [-0.3, -0.25) is 0 Å². The van der Waals surface area contributed by atoms with E-state index in [9.17, 15) is 0 Å². The molecule has 0 saturated heterocycles. The summed E-state index contributed by atoms with van der Waals surface area (Å²) >= 11 is 17.2. The SMILES string of the molecule is CCCc1cc(OCC=C(Cl)Cl)cc(Cl)c1NC. The molecule has 18 heavy (non-hydrogen) atoms. The van der Waals surface area contributed by atoms with Crippen molar-refractivity contribution < 1.29 is 4.74 Å². The first-order chi connectivity index (χ1) is 8.58. The predicted octanol–water partition coefficient (Wildman–Crippen LogP) is 5.03. The second-order valence-electron chi connectivity index (χ2n) is 3.74. The second kappa shape index (κ2) is 7.78. The number of hydrogen-bond donors (Lipinski definition) is 1. The Kier molecular flexibility index (Phi) is 6.69. The van der Waals surface area contributed by atoms with Crippen LogP contribution in [0.1, 0.15) is 18.9 Å². The van der Waals surface area contributed by atoms with Crippen molar-refractivity contribution in [1.29, 1.82) is 0 Å². The van der Waals surface area contributed by atoms with Gasteiger partial charge in [-0.15, -0.1) is 0 Å². The van der Waals surface area contributed by atoms with Crippen molar-refractivity contribution in [1.82, 2.24) is 0 Å². The van der Waals surface area contributed by atoms with Crippen molar-refractivity contribution in [2.75, 3.05) is 19.0 Å². The molecule has 0 bridgehead atoms. The molecule has 1 aromatic rings. The minimum atomic E-state index is 0.196. The number of anilines is 1. The summed E-state index contributed by atoms with van der Waals surface area (Å²) in [6.45, 7) is 2.44. The Balaban J connectivity index is 2.90. The predicted molar refractivity (Wildman–Crippen MR) is 80.3 cm³/mol. The molecule has 0 aliphatic rings. The third kappa shape index (κ3) is 4.60. The van der Waals surface area contributed by atoms with Gasteiger partial charge in [-0.1, -0.05) is 48.1 Å². The zero-order chi connectivity index (χ0) is 13.5. The molecule has 0 saturated carbocycles. The summed E-state index contributed by atoms with van der Waals surface area (Å²) in [7, 11) is 1.86. The Labute approximate surface area is 123 Å². The molecule has 2 nitrogen and oxygen atoms in total. The molecule has 1 N–H and O–H groups in total. The average molecular weight is 309 g/mol. The molecule has 1 aromatic carbocycles. The number of nitrogens with one attached hydrogen (secondary N) is 1. The maximum Gasteiger partial charge on any atom is 0.121 e. The van der Waals surface area contributed by atoms with Crippen molar-refractivity contribution in [3.05, 3.63) is 33.3 Å². The summed E-state index contributed by atoms with van der Waals surface area (Å²) in [5.41, 5.74) is 2.10. The number of benzene rings is 1. The van der Waals surface area contributed by atoms with Gasteiger partial charge in [0.1, 0.15) is 16.8 Å². The Morgan fingerprint density at radius 2 is 2.11 bits per heavy atom. The molecule has 0 unspecified atom stereocenters. The zero-order valence-electron chi connectivity index (χ0n) is 10.4. The molecule has 5 heteroatoms. The third-order valence-electron chi connectivity index (χ3n) is 2.40. The van der Waals surface area contributed by atoms with E-state index in [0.717, 1.165) is 24.1 Å². The van der Waals surface area contributed by atoms with Crippen LogP contribution in [-0.2, 0) is 6.42 Å². The van der Waals surface area contributed by atoms with E-state index in [-0.39, 0.29) is 4.49 Å². The summed E-state index contributed by atoms with van der Waals surface area (Å²) in [5.74, 6) is 0.716. The van der Waals surface area contributed by atoms with Gasteiger partial charge in [-0.05, 0) is 24.1 Å². The maximum atomic E-state index is 6.20. The van der Waals surface area contributed by atoms with Crippen LogP contribution in [-0.4, -0.2) is 13.7 Å². The fourth-order valence-corrected chi connectivity index (χ4v) is 2.12. The van der Waals surface area contributed by atoms with E-state index in [1.54, 1.807) is 12.1 Å². The lowest BCUT2D eigenvalue weighted by atomic mass is 10.1. The number of aryl methyl sites for hydroxylation is 1. The van der Waals surface area contributed by atoms with Crippen LogP contribution in [0.25, 0.3) is 0 Å². The third-order valence-corrected chi connectivity index (χ3v) is 3.01. The van der Waals surface area contributed by atoms with E-state index in [2.05, 4.69) is 12.2 Å². The van der Waals surface area contributed by atoms with Crippen LogP contribution >= 0.6 is 34.8 Å². The van der Waals surface area contributed by atoms with E-state index in [1.807, 2.05) is 13.1 Å². The molecule has 0 heterocycles. The van der Waals surface area contributed by atoms with Gasteiger partial charge < -0.3 is 10.1 Å². The largest absolute Gasteiger partial charge is 0.489 e. The molecule has 0 spiro atoms. The first-order valence-corrected chi connectivity index (χ1v) is 6.86. The molecule has 1 rings (SSSR count). The van der Waals surface area contributed by atoms with Gasteiger partial charge in [0.2, 0.25) is 0 Å². The van der Waals surface area contributed by atoms with E-state index in [1.165, 1.54) is 0 Å². The van der Waals surface area contributed by atoms with Gasteiger partial charge in [0, 0.05) is 13.1 Å². The fourth-order valence-electron chi connectivity index (χ4n) is 1.67. The van der Waals surface area contributed by atoms with Crippen molar-refractivity contribution in [2.45, 2.75) is 19.8 Å². The van der Waals surface area contributed by atoms with Crippen LogP contribution in [0, 0.1) is 0 Å². The highest BCUT2D eigenvalue weighted by Crippen LogP contribution is 2.32. The van der Waals surface area contributed by atoms with E-state index < -0.39 is 0 Å². The molecular formula is C13H16Cl3NO. The fraction of sp³-hybridized carbons (Fsp3) is 0.385. The number of hydrogen-bond acceptors (Lipinski definition) is 2. The molecule has 0 atom stereocenters. The smallest absolute Gasteiger partial charge is 0.121 e. The quantitative estimate of drug-likeness (QED) is 0.795. The molecule has 0 aliphatic heterocycles. The minimum Gasteiger partial charge on any atom is -0.489 e. The number of rotatable bonds is 6. The van der Waals surface area contributed by atoms with Crippen molar-refractivity contribution >= 4 is 40.5 Å². The molecule has 100 valence electrons. The molecule has 0 fully saturated rings. The van der Waals surface area contributed by atoms with E-state index in [0.29, 0.717) is 17.4 Å². The van der Waals surface area contributed by atoms with Gasteiger partial charge in [0.15, 0.2) is 0 Å². The lowest BCUT2D eigenvalue weighted by Crippen LogP contribution is -2.00. The first kappa shape index (κ1) is 15.5. The minimum absolute atomic E-state index is 0.196. The van der Waals surface area contributed by atoms with Gasteiger partial charge in [0.05, 0.1) is 10.7 Å². The summed E-state index contributed by atoms with van der Waals surface area (Å²) < 4.78 is 5.72. The number of halogens is 3. The summed E-state index contributed by atoms with van der Waals surface area (Å²) in [4.78, 5) is 0. The van der Waals surface area contributed by atoms with Gasteiger partial charge in [0.25, 0.3) is 0 Å². The summed E-state index contributed by atoms with van der Waals surface area (Å²) in [6.07, 6.45) is 3.57. The highest BCUT2D eigenvalue weighted by molar-refractivity contribution is 6.55. The monoisotopic (exact) mass is 307 g/mol. The van der Waals surface area contributed by atoms with Crippen LogP contribution in [0.5, 0.6) is 5.75 Å². The first-order valence-electron chi connectivity index (χ1n) is 5.72. The Bertz CT molecular complexity index is 428. The van der Waals surface area contributed by atoms with Crippen LogP contribution in [0.4, 0.5) is 5.69 Å². The Morgan fingerprint density at radius 1 is 1.39 bits per heavy atom. The molecule has 0 aromatic heterocycles. The number of ether oxygens (including phenoxy) is 1. The average Bonchev–Trinajstić information content (AvgIpc) is 2.28. The van der Waals surface area contributed by atoms with Crippen molar-refractivity contribution in [3.63, 3.8) is 0 Å². The van der Waals surface area contributed by atoms with Crippen molar-refractivity contribution in [2.24, 2.45) is 0 Å². The zero-order valence-corrected chi connectivity index (χ0v) is 12.7. The van der Waals surface area contributed by atoms with Gasteiger partial charge in [-0.2, -0.15) is 0 Å². The van der Waals surface area contributed by atoms with Crippen LogP contribution in [0.3, 0.4) is 0 Å². The molecular weight excluding hydrogens is 293 g/mol. The summed E-state index contributed by atoms with van der Waals surface area (Å²) in [5, 5.41) is 3.76. The van der Waals surface area contributed by atoms with E-state index in [4.69, 9.17) is 39.5 Å². The lowest BCUT2D eigenvalue weighted by molar-refractivity contribution is 0.362. The van der Waals surface area contributed by atoms with E-state index >= 15 is 0 Å². The highest BCUT2D eigenvalue weighted by atomic mass is 35.5. The van der Waals surface area contributed by atoms with Crippen LogP contribution in [0.15, 0.2) is 22.7 Å². The normalized spacial score (nSPS) is 10.1. The topological polar surface area (TPSA) is 21.3 Å². The molecule has 0 radical (unpaired) electrons. The van der Waals surface area contributed by atoms with Crippen molar-refractivity contribution in [3.8, 4) is 5.75 Å². The Hall–Kier alpha value is -0.570. The second-order valence-corrected chi connectivity index (χ2v) is 5.16. The van der Waals surface area contributed by atoms with Crippen LogP contribution in [0.2, 0.25) is 5.02 Å². The van der Waals surface area contributed by atoms with Crippen LogP contribution < -0.4 is 10.1 Å². The Morgan fingerprint density at radius 3 is 2.67 bits per heavy atom. The lowest BCUT2D eigenvalue weighted by Gasteiger charge is -2.13. The maximum absolute atomic E-state index is 6.20. The molecule has 0 amide bonds. The van der Waals surface area contributed by atoms with Gasteiger partial charge in [-0.25, -0.2) is 0 Å². The highest BCUT2D eigenvalue weighted by Gasteiger charge is 2.08.